The van der Waals surface area contributed by atoms with Crippen molar-refractivity contribution in [3.63, 3.8) is 0 Å². The average molecular weight is 353 g/mol. The molecule has 2 aromatic carbocycles. The molecule has 6 heteroatoms. The number of hydrogen-bond donors (Lipinski definition) is 2. The smallest absolute Gasteiger partial charge is 0.257 e. The fraction of sp³-hybridized carbons (Fsp3) is 0.100. The highest BCUT2D eigenvalue weighted by Crippen LogP contribution is 2.20. The molecule has 0 unspecified atom stereocenters. The van der Waals surface area contributed by atoms with E-state index in [9.17, 15) is 13.6 Å². The van der Waals surface area contributed by atoms with E-state index in [4.69, 9.17) is 0 Å². The van der Waals surface area contributed by atoms with Gasteiger partial charge < -0.3 is 10.6 Å². The normalized spacial score (nSPS) is 10.4. The Hall–Kier alpha value is -3.28. The molecule has 0 radical (unpaired) electrons. The van der Waals surface area contributed by atoms with Gasteiger partial charge in [-0.1, -0.05) is 19.1 Å². The van der Waals surface area contributed by atoms with Gasteiger partial charge in [-0.15, -0.1) is 0 Å². The number of nitrogens with zero attached hydrogens (tertiary/aromatic N) is 1. The zero-order valence-corrected chi connectivity index (χ0v) is 14.1. The lowest BCUT2D eigenvalue weighted by molar-refractivity contribution is 0.102. The van der Waals surface area contributed by atoms with Gasteiger partial charge in [-0.3, -0.25) is 4.79 Å². The maximum Gasteiger partial charge on any atom is 0.257 e. The summed E-state index contributed by atoms with van der Waals surface area (Å²) in [6.07, 6.45) is 2.32. The number of pyridine rings is 1. The minimum absolute atomic E-state index is 0.104. The van der Waals surface area contributed by atoms with Crippen LogP contribution in [-0.2, 0) is 6.42 Å². The maximum atomic E-state index is 13.6. The molecular weight excluding hydrogens is 336 g/mol. The van der Waals surface area contributed by atoms with Crippen molar-refractivity contribution in [1.29, 1.82) is 0 Å². The number of amides is 1. The molecule has 2 N–H and O–H groups in total. The summed E-state index contributed by atoms with van der Waals surface area (Å²) >= 11 is 0. The van der Waals surface area contributed by atoms with Crippen LogP contribution in [0.15, 0.2) is 60.8 Å². The summed E-state index contributed by atoms with van der Waals surface area (Å²) in [5.41, 5.74) is 2.36. The summed E-state index contributed by atoms with van der Waals surface area (Å²) in [7, 11) is 0. The molecule has 1 heterocycles. The zero-order chi connectivity index (χ0) is 18.5. The topological polar surface area (TPSA) is 54.0 Å². The van der Waals surface area contributed by atoms with Crippen LogP contribution in [0.4, 0.5) is 26.0 Å². The van der Waals surface area contributed by atoms with Gasteiger partial charge in [-0.05, 0) is 48.4 Å². The van der Waals surface area contributed by atoms with Crippen LogP contribution in [-0.4, -0.2) is 10.9 Å². The minimum atomic E-state index is -0.718. The van der Waals surface area contributed by atoms with E-state index in [1.165, 1.54) is 17.8 Å². The van der Waals surface area contributed by atoms with E-state index in [1.807, 2.05) is 24.3 Å². The van der Waals surface area contributed by atoms with E-state index in [2.05, 4.69) is 22.5 Å². The van der Waals surface area contributed by atoms with Crippen molar-refractivity contribution in [2.24, 2.45) is 0 Å². The second kappa shape index (κ2) is 7.74. The maximum absolute atomic E-state index is 13.6. The first-order valence-corrected chi connectivity index (χ1v) is 8.13. The van der Waals surface area contributed by atoms with E-state index in [1.54, 1.807) is 12.1 Å². The van der Waals surface area contributed by atoms with Crippen LogP contribution in [0.3, 0.4) is 0 Å². The van der Waals surface area contributed by atoms with Crippen molar-refractivity contribution in [3.8, 4) is 0 Å². The number of carbonyl (C=O) groups excluding carboxylic acids is 1. The minimum Gasteiger partial charge on any atom is -0.338 e. The van der Waals surface area contributed by atoms with Gasteiger partial charge in [0.25, 0.3) is 5.91 Å². The first kappa shape index (κ1) is 17.5. The number of rotatable bonds is 5. The van der Waals surface area contributed by atoms with Gasteiger partial charge >= 0.3 is 0 Å². The Morgan fingerprint density at radius 1 is 1.04 bits per heavy atom. The molecule has 0 fully saturated rings. The molecule has 1 amide bonds. The first-order valence-electron chi connectivity index (χ1n) is 8.13. The second-order valence-corrected chi connectivity index (χ2v) is 5.69. The number of aryl methyl sites for hydroxylation is 1. The quantitative estimate of drug-likeness (QED) is 0.685. The first-order chi connectivity index (χ1) is 12.5. The summed E-state index contributed by atoms with van der Waals surface area (Å²) in [4.78, 5) is 16.4. The molecule has 3 rings (SSSR count). The molecule has 0 aliphatic carbocycles. The molecule has 4 nitrogen and oxygen atoms in total. The third kappa shape index (κ3) is 4.22. The summed E-state index contributed by atoms with van der Waals surface area (Å²) in [5.74, 6) is -1.32. The van der Waals surface area contributed by atoms with Crippen LogP contribution >= 0.6 is 0 Å². The molecule has 0 spiro atoms. The lowest BCUT2D eigenvalue weighted by Gasteiger charge is -2.08. The molecule has 132 valence electrons. The Bertz CT molecular complexity index is 909. The van der Waals surface area contributed by atoms with Crippen LogP contribution in [0.2, 0.25) is 0 Å². The molecule has 0 saturated heterocycles. The largest absolute Gasteiger partial charge is 0.338 e. The highest BCUT2D eigenvalue weighted by molar-refractivity contribution is 6.04. The highest BCUT2D eigenvalue weighted by Gasteiger charge is 2.08. The van der Waals surface area contributed by atoms with Gasteiger partial charge in [0.1, 0.15) is 17.5 Å². The molecule has 1 aromatic heterocycles. The fourth-order valence-electron chi connectivity index (χ4n) is 2.36. The summed E-state index contributed by atoms with van der Waals surface area (Å²) < 4.78 is 26.6. The van der Waals surface area contributed by atoms with Gasteiger partial charge in [0.2, 0.25) is 0 Å². The molecular formula is C20H17F2N3O. The van der Waals surface area contributed by atoms with Gasteiger partial charge in [0, 0.05) is 18.0 Å². The SMILES string of the molecule is CCc1ccc(NC(=O)c2ccc(Nc3ccc(F)cc3F)nc2)cc1. The molecule has 3 aromatic rings. The summed E-state index contributed by atoms with van der Waals surface area (Å²) in [6, 6.07) is 14.0. The van der Waals surface area contributed by atoms with Crippen molar-refractivity contribution in [2.75, 3.05) is 10.6 Å². The Balaban J connectivity index is 1.67. The Labute approximate surface area is 149 Å². The number of carbonyl (C=O) groups is 1. The lowest BCUT2D eigenvalue weighted by atomic mass is 10.1. The molecule has 0 bridgehead atoms. The van der Waals surface area contributed by atoms with E-state index in [-0.39, 0.29) is 11.6 Å². The number of anilines is 3. The number of hydrogen-bond acceptors (Lipinski definition) is 3. The predicted octanol–water partition coefficient (Wildman–Crippen LogP) is 4.92. The number of halogens is 2. The molecule has 0 aliphatic rings. The van der Waals surface area contributed by atoms with Gasteiger partial charge in [-0.25, -0.2) is 13.8 Å². The van der Waals surface area contributed by atoms with Crippen LogP contribution in [0.5, 0.6) is 0 Å². The van der Waals surface area contributed by atoms with Crippen molar-refractivity contribution in [3.05, 3.63) is 83.6 Å². The van der Waals surface area contributed by atoms with E-state index in [0.717, 1.165) is 18.6 Å². The third-order valence-electron chi connectivity index (χ3n) is 3.84. The van der Waals surface area contributed by atoms with E-state index >= 15 is 0 Å². The Kier molecular flexibility index (Phi) is 5.22. The van der Waals surface area contributed by atoms with Crippen LogP contribution in [0, 0.1) is 11.6 Å². The second-order valence-electron chi connectivity index (χ2n) is 5.69. The molecule has 0 saturated carbocycles. The number of nitrogens with one attached hydrogen (secondary N) is 2. The molecule has 0 aliphatic heterocycles. The van der Waals surface area contributed by atoms with Crippen LogP contribution in [0.1, 0.15) is 22.8 Å². The summed E-state index contributed by atoms with van der Waals surface area (Å²) in [6.45, 7) is 2.06. The van der Waals surface area contributed by atoms with E-state index < -0.39 is 11.6 Å². The number of aromatic nitrogens is 1. The van der Waals surface area contributed by atoms with Crippen LogP contribution < -0.4 is 10.6 Å². The van der Waals surface area contributed by atoms with Gasteiger partial charge in [-0.2, -0.15) is 0 Å². The van der Waals surface area contributed by atoms with Gasteiger partial charge in [0.05, 0.1) is 11.3 Å². The predicted molar refractivity (Wildman–Crippen MR) is 97.7 cm³/mol. The third-order valence-corrected chi connectivity index (χ3v) is 3.84. The monoisotopic (exact) mass is 353 g/mol. The molecule has 26 heavy (non-hydrogen) atoms. The van der Waals surface area contributed by atoms with Gasteiger partial charge in [0.15, 0.2) is 0 Å². The number of benzene rings is 2. The fourth-order valence-corrected chi connectivity index (χ4v) is 2.36. The Morgan fingerprint density at radius 3 is 2.42 bits per heavy atom. The summed E-state index contributed by atoms with van der Waals surface area (Å²) in [5, 5.41) is 5.54. The zero-order valence-electron chi connectivity index (χ0n) is 14.1. The standard InChI is InChI=1S/C20H17F2N3O/c1-2-13-3-7-16(8-4-13)24-20(26)14-5-10-19(23-12-14)25-18-9-6-15(21)11-17(18)22/h3-12H,2H2,1H3,(H,23,25)(H,24,26). The lowest BCUT2D eigenvalue weighted by Crippen LogP contribution is -2.12. The van der Waals surface area contributed by atoms with Crippen molar-refractivity contribution >= 4 is 23.1 Å². The van der Waals surface area contributed by atoms with E-state index in [0.29, 0.717) is 17.1 Å². The van der Waals surface area contributed by atoms with Crippen LogP contribution in [0.25, 0.3) is 0 Å². The molecule has 0 atom stereocenters. The highest BCUT2D eigenvalue weighted by atomic mass is 19.1. The average Bonchev–Trinajstić information content (AvgIpc) is 2.65. The Morgan fingerprint density at radius 2 is 1.81 bits per heavy atom. The van der Waals surface area contributed by atoms with Crippen molar-refractivity contribution in [1.82, 2.24) is 4.98 Å². The van der Waals surface area contributed by atoms with Crippen molar-refractivity contribution in [2.45, 2.75) is 13.3 Å². The van der Waals surface area contributed by atoms with Crippen molar-refractivity contribution < 1.29 is 13.6 Å².